The first-order valence-electron chi connectivity index (χ1n) is 6.79. The fourth-order valence-electron chi connectivity index (χ4n) is 1.70. The van der Waals surface area contributed by atoms with Crippen LogP contribution < -0.4 is 5.32 Å². The van der Waals surface area contributed by atoms with Crippen LogP contribution in [0.3, 0.4) is 0 Å². The molecule has 0 radical (unpaired) electrons. The second kappa shape index (κ2) is 8.61. The van der Waals surface area contributed by atoms with Crippen LogP contribution >= 0.6 is 27.5 Å². The zero-order valence-corrected chi connectivity index (χ0v) is 14.6. The molecular weight excluding hydrogens is 401 g/mol. The number of carbonyl (C=O) groups excluding carboxylic acids is 2. The molecule has 0 saturated carbocycles. The molecule has 24 heavy (non-hydrogen) atoms. The quantitative estimate of drug-likeness (QED) is 0.583. The second-order valence-electron chi connectivity index (χ2n) is 4.66. The topological polar surface area (TPSA) is 55.4 Å². The molecule has 0 atom stereocenters. The maximum atomic E-state index is 13.5. The average Bonchev–Trinajstić information content (AvgIpc) is 2.56. The summed E-state index contributed by atoms with van der Waals surface area (Å²) in [7, 11) is 0. The molecule has 0 fully saturated rings. The zero-order valence-electron chi connectivity index (χ0n) is 12.3. The average molecular weight is 413 g/mol. The van der Waals surface area contributed by atoms with E-state index in [0.717, 1.165) is 16.1 Å². The maximum Gasteiger partial charge on any atom is 0.331 e. The molecule has 2 aromatic rings. The number of esters is 1. The summed E-state index contributed by atoms with van der Waals surface area (Å²) in [5.74, 6) is -1.98. The van der Waals surface area contributed by atoms with E-state index in [9.17, 15) is 14.0 Å². The summed E-state index contributed by atoms with van der Waals surface area (Å²) in [5, 5.41) is 2.56. The first kappa shape index (κ1) is 18.2. The van der Waals surface area contributed by atoms with Gasteiger partial charge in [0, 0.05) is 15.6 Å². The third kappa shape index (κ3) is 5.79. The summed E-state index contributed by atoms with van der Waals surface area (Å²) < 4.78 is 19.2. The Bertz CT molecular complexity index is 778. The molecule has 2 aromatic carbocycles. The Morgan fingerprint density at radius 3 is 2.62 bits per heavy atom. The molecular formula is C17H12BrClFNO3. The Morgan fingerprint density at radius 2 is 1.92 bits per heavy atom. The van der Waals surface area contributed by atoms with E-state index in [-0.39, 0.29) is 10.7 Å². The number of benzene rings is 2. The van der Waals surface area contributed by atoms with Crippen LogP contribution in [0.4, 0.5) is 10.1 Å². The summed E-state index contributed by atoms with van der Waals surface area (Å²) in [5.41, 5.74) is 0.731. The molecule has 124 valence electrons. The highest BCUT2D eigenvalue weighted by molar-refractivity contribution is 9.10. The minimum Gasteiger partial charge on any atom is -0.452 e. The summed E-state index contributed by atoms with van der Waals surface area (Å²) in [6, 6.07) is 11.0. The van der Waals surface area contributed by atoms with Crippen LogP contribution in [-0.4, -0.2) is 18.5 Å². The van der Waals surface area contributed by atoms with Crippen molar-refractivity contribution in [2.24, 2.45) is 0 Å². The number of halogens is 3. The van der Waals surface area contributed by atoms with E-state index in [0.29, 0.717) is 0 Å². The van der Waals surface area contributed by atoms with Crippen molar-refractivity contribution >= 4 is 51.2 Å². The number of ether oxygens (including phenoxy) is 1. The minimum atomic E-state index is -0.681. The lowest BCUT2D eigenvalue weighted by Crippen LogP contribution is -2.20. The van der Waals surface area contributed by atoms with Crippen molar-refractivity contribution in [3.63, 3.8) is 0 Å². The van der Waals surface area contributed by atoms with Gasteiger partial charge < -0.3 is 10.1 Å². The molecule has 0 aliphatic carbocycles. The lowest BCUT2D eigenvalue weighted by atomic mass is 10.2. The molecule has 1 N–H and O–H groups in total. The third-order valence-electron chi connectivity index (χ3n) is 2.83. The Hall–Kier alpha value is -2.18. The van der Waals surface area contributed by atoms with Crippen LogP contribution in [-0.2, 0) is 14.3 Å². The molecule has 0 saturated heterocycles. The first-order chi connectivity index (χ1) is 11.4. The largest absolute Gasteiger partial charge is 0.452 e. The van der Waals surface area contributed by atoms with Crippen LogP contribution in [0.2, 0.25) is 5.02 Å². The highest BCUT2D eigenvalue weighted by Crippen LogP contribution is 2.19. The van der Waals surface area contributed by atoms with Gasteiger partial charge >= 0.3 is 5.97 Å². The van der Waals surface area contributed by atoms with E-state index in [1.54, 1.807) is 6.08 Å². The zero-order chi connectivity index (χ0) is 17.5. The van der Waals surface area contributed by atoms with E-state index < -0.39 is 24.3 Å². The lowest BCUT2D eigenvalue weighted by molar-refractivity contribution is -0.142. The summed E-state index contributed by atoms with van der Waals surface area (Å²) in [6.45, 7) is -0.532. The van der Waals surface area contributed by atoms with Gasteiger partial charge in [-0.15, -0.1) is 0 Å². The van der Waals surface area contributed by atoms with Crippen molar-refractivity contribution < 1.29 is 18.7 Å². The van der Waals surface area contributed by atoms with Crippen LogP contribution in [0.1, 0.15) is 5.56 Å². The summed E-state index contributed by atoms with van der Waals surface area (Å²) in [6.07, 6.45) is 2.76. The SMILES string of the molecule is O=C(COC(=O)/C=C/c1ccc(Br)cc1)Nc1cc(Cl)ccc1F. The predicted octanol–water partition coefficient (Wildman–Crippen LogP) is 4.44. The maximum absolute atomic E-state index is 13.5. The first-order valence-corrected chi connectivity index (χ1v) is 7.96. The van der Waals surface area contributed by atoms with Gasteiger partial charge in [0.1, 0.15) is 5.82 Å². The highest BCUT2D eigenvalue weighted by Gasteiger charge is 2.09. The standard InChI is InChI=1S/C17H12BrClFNO3/c18-12-4-1-11(2-5-12)3-8-17(23)24-10-16(22)21-15-9-13(19)6-7-14(15)20/h1-9H,10H2,(H,21,22)/b8-3+. The van der Waals surface area contributed by atoms with Crippen LogP contribution in [0.5, 0.6) is 0 Å². The molecule has 0 unspecified atom stereocenters. The number of hydrogen-bond donors (Lipinski definition) is 1. The van der Waals surface area contributed by atoms with Crippen LogP contribution in [0.15, 0.2) is 53.0 Å². The van der Waals surface area contributed by atoms with Gasteiger partial charge in [-0.3, -0.25) is 4.79 Å². The van der Waals surface area contributed by atoms with Crippen molar-refractivity contribution in [1.82, 2.24) is 0 Å². The van der Waals surface area contributed by atoms with Gasteiger partial charge in [-0.2, -0.15) is 0 Å². The Balaban J connectivity index is 1.83. The smallest absolute Gasteiger partial charge is 0.331 e. The molecule has 0 aliphatic heterocycles. The number of nitrogens with one attached hydrogen (secondary N) is 1. The number of amides is 1. The Morgan fingerprint density at radius 1 is 1.21 bits per heavy atom. The molecule has 0 aromatic heterocycles. The number of anilines is 1. The van der Waals surface area contributed by atoms with E-state index in [2.05, 4.69) is 21.2 Å². The molecule has 0 heterocycles. The van der Waals surface area contributed by atoms with Crippen molar-refractivity contribution in [1.29, 1.82) is 0 Å². The fourth-order valence-corrected chi connectivity index (χ4v) is 2.14. The van der Waals surface area contributed by atoms with Crippen LogP contribution in [0, 0.1) is 5.82 Å². The van der Waals surface area contributed by atoms with Gasteiger partial charge in [-0.05, 0) is 42.0 Å². The van der Waals surface area contributed by atoms with Gasteiger partial charge in [-0.25, -0.2) is 9.18 Å². The fraction of sp³-hybridized carbons (Fsp3) is 0.0588. The lowest BCUT2D eigenvalue weighted by Gasteiger charge is -2.06. The molecule has 0 spiro atoms. The normalized spacial score (nSPS) is 10.6. The molecule has 2 rings (SSSR count). The van der Waals surface area contributed by atoms with E-state index in [1.165, 1.54) is 18.2 Å². The molecule has 7 heteroatoms. The molecule has 0 bridgehead atoms. The van der Waals surface area contributed by atoms with Gasteiger partial charge in [0.25, 0.3) is 5.91 Å². The molecule has 4 nitrogen and oxygen atoms in total. The van der Waals surface area contributed by atoms with E-state index in [1.807, 2.05) is 24.3 Å². The van der Waals surface area contributed by atoms with E-state index in [4.69, 9.17) is 16.3 Å². The van der Waals surface area contributed by atoms with Crippen molar-refractivity contribution in [2.45, 2.75) is 0 Å². The van der Waals surface area contributed by atoms with E-state index >= 15 is 0 Å². The van der Waals surface area contributed by atoms with Gasteiger partial charge in [0.2, 0.25) is 0 Å². The summed E-state index contributed by atoms with van der Waals surface area (Å²) in [4.78, 5) is 23.2. The van der Waals surface area contributed by atoms with Gasteiger partial charge in [-0.1, -0.05) is 39.7 Å². The Labute approximate surface area is 151 Å². The third-order valence-corrected chi connectivity index (χ3v) is 3.59. The van der Waals surface area contributed by atoms with Crippen molar-refractivity contribution in [3.8, 4) is 0 Å². The van der Waals surface area contributed by atoms with Crippen molar-refractivity contribution in [3.05, 3.63) is 69.4 Å². The second-order valence-corrected chi connectivity index (χ2v) is 6.02. The molecule has 1 amide bonds. The molecule has 0 aliphatic rings. The van der Waals surface area contributed by atoms with Gasteiger partial charge in [0.05, 0.1) is 5.69 Å². The predicted molar refractivity (Wildman–Crippen MR) is 94.2 cm³/mol. The monoisotopic (exact) mass is 411 g/mol. The minimum absolute atomic E-state index is 0.0750. The number of hydrogen-bond acceptors (Lipinski definition) is 3. The number of rotatable bonds is 5. The summed E-state index contributed by atoms with van der Waals surface area (Å²) >= 11 is 9.03. The highest BCUT2D eigenvalue weighted by atomic mass is 79.9. The van der Waals surface area contributed by atoms with Crippen LogP contribution in [0.25, 0.3) is 6.08 Å². The van der Waals surface area contributed by atoms with Crippen molar-refractivity contribution in [2.75, 3.05) is 11.9 Å². The number of carbonyl (C=O) groups is 2. The van der Waals surface area contributed by atoms with Gasteiger partial charge in [0.15, 0.2) is 6.61 Å². The Kier molecular flexibility index (Phi) is 6.52.